The fraction of sp³-hybridized carbons (Fsp3) is 0.333. The van der Waals surface area contributed by atoms with Crippen molar-refractivity contribution < 1.29 is 19.4 Å². The van der Waals surface area contributed by atoms with Gasteiger partial charge in [-0.1, -0.05) is 23.7 Å². The Morgan fingerprint density at radius 2 is 2.22 bits per heavy atom. The summed E-state index contributed by atoms with van der Waals surface area (Å²) < 4.78 is 5.51. The molecule has 0 radical (unpaired) electrons. The number of rotatable bonds is 4. The van der Waals surface area contributed by atoms with Crippen LogP contribution in [0, 0.1) is 0 Å². The van der Waals surface area contributed by atoms with Crippen LogP contribution in [0.15, 0.2) is 24.3 Å². The van der Waals surface area contributed by atoms with Crippen LogP contribution >= 0.6 is 11.6 Å². The van der Waals surface area contributed by atoms with Crippen LogP contribution in [-0.2, 0) is 9.59 Å². The standard InChI is InChI=1S/C12H12ClNO4/c13-8-3-1-2-4-9(8)18-10-5-6-14(12(10)17)7-11(15)16/h1-4,10H,5-7H2,(H,15,16). The first kappa shape index (κ1) is 12.7. The van der Waals surface area contributed by atoms with Gasteiger partial charge in [0.1, 0.15) is 12.3 Å². The highest BCUT2D eigenvalue weighted by atomic mass is 35.5. The number of carboxylic acid groups (broad SMARTS) is 1. The Morgan fingerprint density at radius 3 is 2.89 bits per heavy atom. The zero-order valence-electron chi connectivity index (χ0n) is 9.51. The van der Waals surface area contributed by atoms with Crippen molar-refractivity contribution >= 4 is 23.5 Å². The Morgan fingerprint density at radius 1 is 1.50 bits per heavy atom. The average molecular weight is 270 g/mol. The van der Waals surface area contributed by atoms with Gasteiger partial charge in [-0.05, 0) is 12.1 Å². The number of carbonyl (C=O) groups excluding carboxylic acids is 1. The van der Waals surface area contributed by atoms with Gasteiger partial charge in [-0.15, -0.1) is 0 Å². The minimum Gasteiger partial charge on any atom is -0.480 e. The van der Waals surface area contributed by atoms with E-state index in [0.717, 1.165) is 0 Å². The molecule has 0 aliphatic carbocycles. The zero-order valence-corrected chi connectivity index (χ0v) is 10.3. The summed E-state index contributed by atoms with van der Waals surface area (Å²) in [6.45, 7) is 0.0987. The van der Waals surface area contributed by atoms with Gasteiger partial charge >= 0.3 is 5.97 Å². The molecule has 1 unspecified atom stereocenters. The van der Waals surface area contributed by atoms with Crippen molar-refractivity contribution in [2.45, 2.75) is 12.5 Å². The number of aliphatic carboxylic acids is 1. The molecule has 18 heavy (non-hydrogen) atoms. The quantitative estimate of drug-likeness (QED) is 0.897. The monoisotopic (exact) mass is 269 g/mol. The average Bonchev–Trinajstić information content (AvgIpc) is 2.64. The molecule has 1 saturated heterocycles. The molecule has 1 amide bonds. The van der Waals surface area contributed by atoms with E-state index in [-0.39, 0.29) is 12.5 Å². The van der Waals surface area contributed by atoms with Crippen LogP contribution in [0.5, 0.6) is 5.75 Å². The molecule has 2 rings (SSSR count). The molecule has 0 bridgehead atoms. The van der Waals surface area contributed by atoms with E-state index in [9.17, 15) is 9.59 Å². The number of para-hydroxylation sites is 1. The molecule has 1 N–H and O–H groups in total. The second kappa shape index (κ2) is 5.27. The summed E-state index contributed by atoms with van der Waals surface area (Å²) in [5.41, 5.74) is 0. The summed E-state index contributed by atoms with van der Waals surface area (Å²) in [6.07, 6.45) is -0.179. The third-order valence-electron chi connectivity index (χ3n) is 2.68. The number of halogens is 1. The second-order valence-electron chi connectivity index (χ2n) is 3.98. The Hall–Kier alpha value is -1.75. The fourth-order valence-electron chi connectivity index (χ4n) is 1.83. The highest BCUT2D eigenvalue weighted by Crippen LogP contribution is 2.26. The number of carboxylic acids is 1. The number of hydrogen-bond acceptors (Lipinski definition) is 3. The molecule has 96 valence electrons. The van der Waals surface area contributed by atoms with Crippen molar-refractivity contribution in [1.82, 2.24) is 4.90 Å². The highest BCUT2D eigenvalue weighted by Gasteiger charge is 2.34. The van der Waals surface area contributed by atoms with Gasteiger partial charge in [-0.3, -0.25) is 9.59 Å². The van der Waals surface area contributed by atoms with Crippen LogP contribution in [0.2, 0.25) is 5.02 Å². The third-order valence-corrected chi connectivity index (χ3v) is 2.99. The normalized spacial score (nSPS) is 19.1. The summed E-state index contributed by atoms with van der Waals surface area (Å²) >= 11 is 5.93. The number of likely N-dealkylation sites (tertiary alicyclic amines) is 1. The summed E-state index contributed by atoms with van der Waals surface area (Å²) in [5, 5.41) is 9.09. The number of hydrogen-bond donors (Lipinski definition) is 1. The summed E-state index contributed by atoms with van der Waals surface area (Å²) in [6, 6.07) is 6.87. The SMILES string of the molecule is O=C(O)CN1CCC(Oc2ccccc2Cl)C1=O. The number of amides is 1. The number of benzene rings is 1. The summed E-state index contributed by atoms with van der Waals surface area (Å²) in [4.78, 5) is 23.7. The van der Waals surface area contributed by atoms with Gasteiger partial charge in [0.25, 0.3) is 5.91 Å². The lowest BCUT2D eigenvalue weighted by atomic mass is 10.3. The van der Waals surface area contributed by atoms with Crippen LogP contribution in [0.4, 0.5) is 0 Å². The molecule has 0 aromatic heterocycles. The minimum atomic E-state index is -1.03. The lowest BCUT2D eigenvalue weighted by Gasteiger charge is -2.15. The van der Waals surface area contributed by atoms with E-state index >= 15 is 0 Å². The Labute approximate surface area is 109 Å². The van der Waals surface area contributed by atoms with Crippen molar-refractivity contribution in [3.8, 4) is 5.75 Å². The van der Waals surface area contributed by atoms with E-state index in [4.69, 9.17) is 21.4 Å². The van der Waals surface area contributed by atoms with Gasteiger partial charge in [-0.25, -0.2) is 0 Å². The number of carbonyl (C=O) groups is 2. The van der Waals surface area contributed by atoms with Crippen molar-refractivity contribution in [2.75, 3.05) is 13.1 Å². The van der Waals surface area contributed by atoms with Crippen molar-refractivity contribution in [1.29, 1.82) is 0 Å². The van der Waals surface area contributed by atoms with Crippen molar-refractivity contribution in [3.05, 3.63) is 29.3 Å². The maximum atomic E-state index is 11.9. The first-order chi connectivity index (χ1) is 8.58. The first-order valence-electron chi connectivity index (χ1n) is 5.49. The highest BCUT2D eigenvalue weighted by molar-refractivity contribution is 6.32. The summed E-state index contributed by atoms with van der Waals surface area (Å²) in [7, 11) is 0. The van der Waals surface area contributed by atoms with E-state index in [0.29, 0.717) is 23.7 Å². The lowest BCUT2D eigenvalue weighted by molar-refractivity contribution is -0.144. The van der Waals surface area contributed by atoms with Crippen LogP contribution in [0.25, 0.3) is 0 Å². The maximum Gasteiger partial charge on any atom is 0.323 e. The minimum absolute atomic E-state index is 0.290. The molecule has 1 atom stereocenters. The Bertz CT molecular complexity index is 477. The molecule has 1 aliphatic rings. The zero-order chi connectivity index (χ0) is 13.1. The Kier molecular flexibility index (Phi) is 3.72. The van der Waals surface area contributed by atoms with Crippen molar-refractivity contribution in [2.24, 2.45) is 0 Å². The number of ether oxygens (including phenoxy) is 1. The van der Waals surface area contributed by atoms with Gasteiger partial charge in [0, 0.05) is 13.0 Å². The molecule has 1 aromatic rings. The molecular weight excluding hydrogens is 258 g/mol. The Balaban J connectivity index is 2.02. The molecule has 1 heterocycles. The van der Waals surface area contributed by atoms with E-state index in [1.165, 1.54) is 4.90 Å². The second-order valence-corrected chi connectivity index (χ2v) is 4.39. The van der Waals surface area contributed by atoms with Crippen LogP contribution in [0.3, 0.4) is 0 Å². The molecule has 5 nitrogen and oxygen atoms in total. The van der Waals surface area contributed by atoms with E-state index < -0.39 is 12.1 Å². The predicted molar refractivity (Wildman–Crippen MR) is 64.7 cm³/mol. The van der Waals surface area contributed by atoms with Gasteiger partial charge in [0.15, 0.2) is 6.10 Å². The molecule has 1 aliphatic heterocycles. The van der Waals surface area contributed by atoms with E-state index in [1.807, 2.05) is 0 Å². The maximum absolute atomic E-state index is 11.9. The third kappa shape index (κ3) is 2.73. The molecule has 1 fully saturated rings. The molecule has 6 heteroatoms. The smallest absolute Gasteiger partial charge is 0.323 e. The van der Waals surface area contributed by atoms with Crippen LogP contribution < -0.4 is 4.74 Å². The molecule has 0 saturated carbocycles. The van der Waals surface area contributed by atoms with E-state index in [1.54, 1.807) is 24.3 Å². The summed E-state index contributed by atoms with van der Waals surface area (Å²) in [5.74, 6) is -0.895. The van der Waals surface area contributed by atoms with Gasteiger partial charge in [-0.2, -0.15) is 0 Å². The van der Waals surface area contributed by atoms with Gasteiger partial charge in [0.05, 0.1) is 5.02 Å². The van der Waals surface area contributed by atoms with Crippen molar-refractivity contribution in [3.63, 3.8) is 0 Å². The van der Waals surface area contributed by atoms with E-state index in [2.05, 4.69) is 0 Å². The number of nitrogens with zero attached hydrogens (tertiary/aromatic N) is 1. The topological polar surface area (TPSA) is 66.8 Å². The molecule has 0 spiro atoms. The lowest BCUT2D eigenvalue weighted by Crippen LogP contribution is -2.35. The largest absolute Gasteiger partial charge is 0.480 e. The van der Waals surface area contributed by atoms with Crippen LogP contribution in [-0.4, -0.2) is 41.1 Å². The van der Waals surface area contributed by atoms with Crippen LogP contribution in [0.1, 0.15) is 6.42 Å². The molecule has 1 aromatic carbocycles. The first-order valence-corrected chi connectivity index (χ1v) is 5.87. The van der Waals surface area contributed by atoms with Gasteiger partial charge in [0.2, 0.25) is 0 Å². The molecular formula is C12H12ClNO4. The van der Waals surface area contributed by atoms with Gasteiger partial charge < -0.3 is 14.7 Å². The predicted octanol–water partition coefficient (Wildman–Crippen LogP) is 1.40. The fourth-order valence-corrected chi connectivity index (χ4v) is 2.01.